The van der Waals surface area contributed by atoms with Gasteiger partial charge in [0.1, 0.15) is 24.0 Å². The van der Waals surface area contributed by atoms with Gasteiger partial charge in [-0.05, 0) is 31.2 Å². The van der Waals surface area contributed by atoms with Crippen LogP contribution in [0.1, 0.15) is 29.2 Å². The van der Waals surface area contributed by atoms with E-state index in [4.69, 9.17) is 4.74 Å². The number of carbonyl (C=O) groups is 1. The summed E-state index contributed by atoms with van der Waals surface area (Å²) >= 11 is 0. The molecule has 0 spiro atoms. The van der Waals surface area contributed by atoms with E-state index in [1.54, 1.807) is 22.9 Å². The maximum atomic E-state index is 13.7. The van der Waals surface area contributed by atoms with Gasteiger partial charge in [0.15, 0.2) is 0 Å². The number of para-hydroxylation sites is 1. The summed E-state index contributed by atoms with van der Waals surface area (Å²) in [6.07, 6.45) is 1.97. The van der Waals surface area contributed by atoms with Crippen LogP contribution in [0.2, 0.25) is 0 Å². The minimum atomic E-state index is -0.360. The molecule has 1 aliphatic heterocycles. The topological polar surface area (TPSA) is 56.1 Å². The zero-order valence-corrected chi connectivity index (χ0v) is 15.5. The number of fused-ring (bicyclic) bond motifs is 1. The fraction of sp³-hybridized carbons (Fsp3) is 0.182. The van der Waals surface area contributed by atoms with E-state index in [-0.39, 0.29) is 24.1 Å². The van der Waals surface area contributed by atoms with Crippen molar-refractivity contribution in [3.05, 3.63) is 83.8 Å². The highest BCUT2D eigenvalue weighted by Crippen LogP contribution is 2.43. The van der Waals surface area contributed by atoms with Crippen molar-refractivity contribution >= 4 is 11.7 Å². The van der Waals surface area contributed by atoms with E-state index in [9.17, 15) is 9.18 Å². The van der Waals surface area contributed by atoms with E-state index in [0.29, 0.717) is 23.9 Å². The number of nitrogens with zero attached hydrogens (tertiary/aromatic N) is 2. The lowest BCUT2D eigenvalue weighted by Crippen LogP contribution is -2.25. The Labute approximate surface area is 162 Å². The zero-order valence-electron chi connectivity index (χ0n) is 15.5. The first-order valence-corrected chi connectivity index (χ1v) is 9.06. The molecule has 0 fully saturated rings. The van der Waals surface area contributed by atoms with Gasteiger partial charge >= 0.3 is 0 Å². The fourth-order valence-corrected chi connectivity index (χ4v) is 3.66. The van der Waals surface area contributed by atoms with Crippen LogP contribution >= 0.6 is 0 Å². The van der Waals surface area contributed by atoms with Gasteiger partial charge in [-0.15, -0.1) is 0 Å². The quantitative estimate of drug-likeness (QED) is 0.672. The van der Waals surface area contributed by atoms with E-state index < -0.39 is 0 Å². The molecule has 1 N–H and O–H groups in total. The normalized spacial score (nSPS) is 15.6. The highest BCUT2D eigenvalue weighted by Gasteiger charge is 2.34. The van der Waals surface area contributed by atoms with Crippen molar-refractivity contribution in [3.8, 4) is 11.4 Å². The number of carbonyl (C=O) groups excluding carboxylic acids is 1. The summed E-state index contributed by atoms with van der Waals surface area (Å²) in [5.41, 5.74) is 3.17. The average Bonchev–Trinajstić information content (AvgIpc) is 3.02. The molecule has 4 rings (SSSR count). The van der Waals surface area contributed by atoms with Gasteiger partial charge in [-0.3, -0.25) is 4.79 Å². The molecule has 142 valence electrons. The number of ether oxygens (including phenoxy) is 1. The summed E-state index contributed by atoms with van der Waals surface area (Å²) in [4.78, 5) is 12.5. The molecule has 0 radical (unpaired) electrons. The van der Waals surface area contributed by atoms with Crippen LogP contribution in [0.4, 0.5) is 10.2 Å². The fourth-order valence-electron chi connectivity index (χ4n) is 3.66. The number of benzene rings is 2. The molecule has 1 aliphatic rings. The van der Waals surface area contributed by atoms with Crippen LogP contribution in [0.3, 0.4) is 0 Å². The molecular weight excluding hydrogens is 357 g/mol. The highest BCUT2D eigenvalue weighted by molar-refractivity contribution is 5.95. The molecule has 2 heterocycles. The van der Waals surface area contributed by atoms with Crippen LogP contribution in [0.15, 0.2) is 61.2 Å². The first-order chi connectivity index (χ1) is 13.6. The van der Waals surface area contributed by atoms with Crippen LogP contribution in [0.25, 0.3) is 5.69 Å². The van der Waals surface area contributed by atoms with E-state index in [1.807, 2.05) is 31.2 Å². The first-order valence-electron chi connectivity index (χ1n) is 9.06. The minimum absolute atomic E-state index is 0.117. The van der Waals surface area contributed by atoms with Crippen molar-refractivity contribution in [2.75, 3.05) is 11.9 Å². The lowest BCUT2D eigenvalue weighted by molar-refractivity contribution is -0.116. The molecule has 3 aromatic rings. The number of halogens is 1. The van der Waals surface area contributed by atoms with Crippen LogP contribution in [0.5, 0.6) is 5.75 Å². The van der Waals surface area contributed by atoms with Gasteiger partial charge in [0.25, 0.3) is 0 Å². The highest BCUT2D eigenvalue weighted by atomic mass is 19.1. The molecule has 5 nitrogen and oxygen atoms in total. The van der Waals surface area contributed by atoms with Crippen molar-refractivity contribution < 1.29 is 13.9 Å². The third kappa shape index (κ3) is 3.17. The number of aromatic nitrogens is 2. The first kappa shape index (κ1) is 18.0. The lowest BCUT2D eigenvalue weighted by Gasteiger charge is -2.26. The van der Waals surface area contributed by atoms with Crippen molar-refractivity contribution in [2.24, 2.45) is 0 Å². The Morgan fingerprint density at radius 1 is 1.32 bits per heavy atom. The number of nitrogens with one attached hydrogen (secondary N) is 1. The molecule has 6 heteroatoms. The summed E-state index contributed by atoms with van der Waals surface area (Å²) in [5.74, 6) is 0.607. The molecule has 0 bridgehead atoms. The van der Waals surface area contributed by atoms with Crippen LogP contribution in [-0.4, -0.2) is 22.3 Å². The molecule has 1 amide bonds. The summed E-state index contributed by atoms with van der Waals surface area (Å²) < 4.78 is 21.1. The summed E-state index contributed by atoms with van der Waals surface area (Å²) in [7, 11) is 0. The molecule has 0 aliphatic carbocycles. The van der Waals surface area contributed by atoms with Crippen LogP contribution in [-0.2, 0) is 4.79 Å². The molecule has 0 saturated heterocycles. The van der Waals surface area contributed by atoms with Gasteiger partial charge in [-0.1, -0.05) is 36.9 Å². The number of hydrogen-bond donors (Lipinski definition) is 1. The van der Waals surface area contributed by atoms with Gasteiger partial charge in [0.05, 0.1) is 11.4 Å². The predicted molar refractivity (Wildman–Crippen MR) is 105 cm³/mol. The second-order valence-corrected chi connectivity index (χ2v) is 6.68. The summed E-state index contributed by atoms with van der Waals surface area (Å²) in [6.45, 7) is 5.97. The SMILES string of the molecule is C=CCOc1ccccc1[C@H]1CC(=O)Nc2c1c(C)nn2-c1cccc(F)c1. The Bertz CT molecular complexity index is 1060. The maximum Gasteiger partial charge on any atom is 0.226 e. The van der Waals surface area contributed by atoms with Crippen molar-refractivity contribution in [3.63, 3.8) is 0 Å². The van der Waals surface area contributed by atoms with Crippen LogP contribution < -0.4 is 10.1 Å². The number of amides is 1. The van der Waals surface area contributed by atoms with Gasteiger partial charge in [0.2, 0.25) is 5.91 Å². The molecule has 1 aromatic heterocycles. The maximum absolute atomic E-state index is 13.7. The van der Waals surface area contributed by atoms with Crippen molar-refractivity contribution in [2.45, 2.75) is 19.3 Å². The summed E-state index contributed by atoms with van der Waals surface area (Å²) in [6, 6.07) is 13.8. The monoisotopic (exact) mass is 377 g/mol. The number of hydrogen-bond acceptors (Lipinski definition) is 3. The van der Waals surface area contributed by atoms with E-state index >= 15 is 0 Å². The average molecular weight is 377 g/mol. The van der Waals surface area contributed by atoms with E-state index in [0.717, 1.165) is 16.8 Å². The Kier molecular flexibility index (Phi) is 4.69. The van der Waals surface area contributed by atoms with E-state index in [2.05, 4.69) is 17.0 Å². The second-order valence-electron chi connectivity index (χ2n) is 6.68. The molecular formula is C22H20FN3O2. The molecule has 2 aromatic carbocycles. The third-order valence-corrected chi connectivity index (χ3v) is 4.81. The van der Waals surface area contributed by atoms with Gasteiger partial charge in [-0.25, -0.2) is 9.07 Å². The van der Waals surface area contributed by atoms with E-state index in [1.165, 1.54) is 12.1 Å². The Hall–Kier alpha value is -3.41. The number of aryl methyl sites for hydroxylation is 1. The Balaban J connectivity index is 1.85. The van der Waals surface area contributed by atoms with Crippen molar-refractivity contribution in [1.29, 1.82) is 0 Å². The second kappa shape index (κ2) is 7.31. The third-order valence-electron chi connectivity index (χ3n) is 4.81. The number of anilines is 1. The smallest absolute Gasteiger partial charge is 0.226 e. The zero-order chi connectivity index (χ0) is 19.7. The summed E-state index contributed by atoms with van der Waals surface area (Å²) in [5, 5.41) is 7.50. The van der Waals surface area contributed by atoms with Gasteiger partial charge in [-0.2, -0.15) is 5.10 Å². The standard InChI is InChI=1S/C22H20FN3O2/c1-3-11-28-19-10-5-4-9-17(19)18-13-20(27)24-22-21(18)14(2)25-26(22)16-8-6-7-15(23)12-16/h3-10,12,18H,1,11,13H2,2H3,(H,24,27)/t18-/m1/s1. The molecule has 28 heavy (non-hydrogen) atoms. The number of rotatable bonds is 5. The lowest BCUT2D eigenvalue weighted by atomic mass is 9.85. The van der Waals surface area contributed by atoms with Crippen LogP contribution in [0, 0.1) is 12.7 Å². The Morgan fingerprint density at radius 3 is 2.93 bits per heavy atom. The molecule has 1 atom stereocenters. The molecule has 0 saturated carbocycles. The predicted octanol–water partition coefficient (Wildman–Crippen LogP) is 4.36. The minimum Gasteiger partial charge on any atom is -0.489 e. The largest absolute Gasteiger partial charge is 0.489 e. The van der Waals surface area contributed by atoms with Gasteiger partial charge < -0.3 is 10.1 Å². The van der Waals surface area contributed by atoms with Crippen molar-refractivity contribution in [1.82, 2.24) is 9.78 Å². The van der Waals surface area contributed by atoms with Gasteiger partial charge in [0, 0.05) is 23.5 Å². The molecule has 0 unspecified atom stereocenters. The Morgan fingerprint density at radius 2 is 2.14 bits per heavy atom.